The van der Waals surface area contributed by atoms with Crippen LogP contribution in [-0.4, -0.2) is 49.1 Å². The van der Waals surface area contributed by atoms with E-state index < -0.39 is 0 Å². The summed E-state index contributed by atoms with van der Waals surface area (Å²) < 4.78 is 5.22. The smallest absolute Gasteiger partial charge is 0.223 e. The molecule has 0 bridgehead atoms. The van der Waals surface area contributed by atoms with Gasteiger partial charge in [0, 0.05) is 44.2 Å². The molecule has 1 aromatic heterocycles. The third-order valence-electron chi connectivity index (χ3n) is 4.08. The molecule has 1 fully saturated rings. The fourth-order valence-electron chi connectivity index (χ4n) is 2.76. The van der Waals surface area contributed by atoms with Gasteiger partial charge in [-0.1, -0.05) is 12.1 Å². The number of methoxy groups -OCH3 is 1. The van der Waals surface area contributed by atoms with E-state index in [1.165, 1.54) is 0 Å². The van der Waals surface area contributed by atoms with Crippen LogP contribution in [0.4, 0.5) is 5.13 Å². The lowest BCUT2D eigenvalue weighted by molar-refractivity contribution is -0.131. The van der Waals surface area contributed by atoms with Crippen molar-refractivity contribution in [3.05, 3.63) is 41.4 Å². The molecule has 1 aromatic carbocycles. The Morgan fingerprint density at radius 1 is 1.30 bits per heavy atom. The van der Waals surface area contributed by atoms with Crippen LogP contribution in [0, 0.1) is 0 Å². The SMILES string of the molecule is COc1cccc(CCC(=O)N2CCN(c3nccs3)CC2)c1. The molecule has 6 heteroatoms. The number of hydrogen-bond donors (Lipinski definition) is 0. The molecule has 23 heavy (non-hydrogen) atoms. The van der Waals surface area contributed by atoms with Crippen molar-refractivity contribution in [3.8, 4) is 5.75 Å². The maximum atomic E-state index is 12.4. The Morgan fingerprint density at radius 3 is 2.83 bits per heavy atom. The Kier molecular flexibility index (Phi) is 5.12. The van der Waals surface area contributed by atoms with Crippen molar-refractivity contribution < 1.29 is 9.53 Å². The predicted octanol–water partition coefficient (Wildman–Crippen LogP) is 2.43. The monoisotopic (exact) mass is 331 g/mol. The first-order valence-corrected chi connectivity index (χ1v) is 8.69. The predicted molar refractivity (Wildman–Crippen MR) is 92.2 cm³/mol. The van der Waals surface area contributed by atoms with Gasteiger partial charge in [-0.15, -0.1) is 11.3 Å². The average Bonchev–Trinajstić information content (AvgIpc) is 3.14. The largest absolute Gasteiger partial charge is 0.497 e. The van der Waals surface area contributed by atoms with E-state index in [1.807, 2.05) is 40.7 Å². The molecule has 0 unspecified atom stereocenters. The minimum atomic E-state index is 0.228. The highest BCUT2D eigenvalue weighted by molar-refractivity contribution is 7.13. The van der Waals surface area contributed by atoms with Crippen LogP contribution in [0.25, 0.3) is 0 Å². The molecular formula is C17H21N3O2S. The first-order chi connectivity index (χ1) is 11.3. The van der Waals surface area contributed by atoms with E-state index in [0.29, 0.717) is 6.42 Å². The minimum Gasteiger partial charge on any atom is -0.497 e. The number of carbonyl (C=O) groups is 1. The van der Waals surface area contributed by atoms with Crippen molar-refractivity contribution >= 4 is 22.4 Å². The second-order valence-corrected chi connectivity index (χ2v) is 6.41. The maximum absolute atomic E-state index is 12.4. The van der Waals surface area contributed by atoms with Crippen molar-refractivity contribution in [2.75, 3.05) is 38.2 Å². The summed E-state index contributed by atoms with van der Waals surface area (Å²) in [4.78, 5) is 20.9. The lowest BCUT2D eigenvalue weighted by Crippen LogP contribution is -2.48. The van der Waals surface area contributed by atoms with Gasteiger partial charge in [0.1, 0.15) is 5.75 Å². The van der Waals surface area contributed by atoms with Crippen molar-refractivity contribution in [3.63, 3.8) is 0 Å². The van der Waals surface area contributed by atoms with Gasteiger partial charge in [-0.25, -0.2) is 4.98 Å². The molecule has 1 aliphatic rings. The first kappa shape index (κ1) is 15.8. The number of aromatic nitrogens is 1. The summed E-state index contributed by atoms with van der Waals surface area (Å²) in [5.74, 6) is 1.07. The molecule has 2 aromatic rings. The fourth-order valence-corrected chi connectivity index (χ4v) is 3.45. The molecule has 122 valence electrons. The summed E-state index contributed by atoms with van der Waals surface area (Å²) in [6, 6.07) is 7.92. The number of ether oxygens (including phenoxy) is 1. The highest BCUT2D eigenvalue weighted by Gasteiger charge is 2.22. The Hall–Kier alpha value is -2.08. The summed E-state index contributed by atoms with van der Waals surface area (Å²) in [7, 11) is 1.66. The molecule has 3 rings (SSSR count). The topological polar surface area (TPSA) is 45.7 Å². The number of anilines is 1. The number of carbonyl (C=O) groups excluding carboxylic acids is 1. The molecule has 2 heterocycles. The van der Waals surface area contributed by atoms with E-state index in [4.69, 9.17) is 4.74 Å². The average molecular weight is 331 g/mol. The number of nitrogens with zero attached hydrogens (tertiary/aromatic N) is 3. The molecule has 1 aliphatic heterocycles. The van der Waals surface area contributed by atoms with Gasteiger partial charge in [0.2, 0.25) is 5.91 Å². The second-order valence-electron chi connectivity index (χ2n) is 5.53. The summed E-state index contributed by atoms with van der Waals surface area (Å²) in [5, 5.41) is 3.04. The van der Waals surface area contributed by atoms with Gasteiger partial charge in [0.05, 0.1) is 7.11 Å². The number of amides is 1. The molecule has 1 amide bonds. The Labute approximate surface area is 140 Å². The molecule has 0 atom stereocenters. The zero-order chi connectivity index (χ0) is 16.1. The standard InChI is InChI=1S/C17H21N3O2S/c1-22-15-4-2-3-14(13-15)5-6-16(21)19-8-10-20(11-9-19)17-18-7-12-23-17/h2-4,7,12-13H,5-6,8-11H2,1H3. The second kappa shape index (κ2) is 7.46. The Bertz CT molecular complexity index is 637. The van der Waals surface area contributed by atoms with Crippen LogP contribution in [0.3, 0.4) is 0 Å². The van der Waals surface area contributed by atoms with Crippen molar-refractivity contribution in [2.45, 2.75) is 12.8 Å². The van der Waals surface area contributed by atoms with Gasteiger partial charge in [0.15, 0.2) is 5.13 Å². The third kappa shape index (κ3) is 4.01. The number of piperazine rings is 1. The van der Waals surface area contributed by atoms with E-state index in [-0.39, 0.29) is 5.91 Å². The Balaban J connectivity index is 1.48. The van der Waals surface area contributed by atoms with Crippen LogP contribution in [-0.2, 0) is 11.2 Å². The van der Waals surface area contributed by atoms with Crippen LogP contribution in [0.5, 0.6) is 5.75 Å². The van der Waals surface area contributed by atoms with Gasteiger partial charge in [-0.2, -0.15) is 0 Å². The number of aryl methyl sites for hydroxylation is 1. The lowest BCUT2D eigenvalue weighted by Gasteiger charge is -2.34. The molecule has 5 nitrogen and oxygen atoms in total. The van der Waals surface area contributed by atoms with Crippen molar-refractivity contribution in [1.82, 2.24) is 9.88 Å². The van der Waals surface area contributed by atoms with Crippen molar-refractivity contribution in [1.29, 1.82) is 0 Å². The van der Waals surface area contributed by atoms with Crippen LogP contribution in [0.2, 0.25) is 0 Å². The van der Waals surface area contributed by atoms with Crippen LogP contribution in [0.1, 0.15) is 12.0 Å². The summed E-state index contributed by atoms with van der Waals surface area (Å²) >= 11 is 1.65. The van der Waals surface area contributed by atoms with Gasteiger partial charge in [-0.3, -0.25) is 4.79 Å². The summed E-state index contributed by atoms with van der Waals surface area (Å²) in [6.07, 6.45) is 3.12. The first-order valence-electron chi connectivity index (χ1n) is 7.81. The molecule has 0 radical (unpaired) electrons. The maximum Gasteiger partial charge on any atom is 0.223 e. The normalized spacial score (nSPS) is 14.8. The van der Waals surface area contributed by atoms with E-state index in [2.05, 4.69) is 9.88 Å². The molecule has 1 saturated heterocycles. The zero-order valence-corrected chi connectivity index (χ0v) is 14.1. The number of hydrogen-bond acceptors (Lipinski definition) is 5. The zero-order valence-electron chi connectivity index (χ0n) is 13.3. The molecule has 0 saturated carbocycles. The van der Waals surface area contributed by atoms with Crippen LogP contribution < -0.4 is 9.64 Å². The number of rotatable bonds is 5. The fraction of sp³-hybridized carbons (Fsp3) is 0.412. The molecule has 0 N–H and O–H groups in total. The minimum absolute atomic E-state index is 0.228. The molecule has 0 aliphatic carbocycles. The number of thiazole rings is 1. The van der Waals surface area contributed by atoms with Gasteiger partial charge >= 0.3 is 0 Å². The lowest BCUT2D eigenvalue weighted by atomic mass is 10.1. The van der Waals surface area contributed by atoms with E-state index in [9.17, 15) is 4.79 Å². The van der Waals surface area contributed by atoms with Crippen molar-refractivity contribution in [2.24, 2.45) is 0 Å². The molecular weight excluding hydrogens is 310 g/mol. The Morgan fingerprint density at radius 2 is 2.13 bits per heavy atom. The quantitative estimate of drug-likeness (QED) is 0.844. The van der Waals surface area contributed by atoms with Gasteiger partial charge in [-0.05, 0) is 24.1 Å². The van der Waals surface area contributed by atoms with Gasteiger partial charge in [0.25, 0.3) is 0 Å². The highest BCUT2D eigenvalue weighted by Crippen LogP contribution is 2.19. The third-order valence-corrected chi connectivity index (χ3v) is 4.92. The highest BCUT2D eigenvalue weighted by atomic mass is 32.1. The van der Waals surface area contributed by atoms with Gasteiger partial charge < -0.3 is 14.5 Å². The van der Waals surface area contributed by atoms with Crippen LogP contribution in [0.15, 0.2) is 35.8 Å². The molecule has 0 spiro atoms. The number of benzene rings is 1. The van der Waals surface area contributed by atoms with Crippen LogP contribution >= 0.6 is 11.3 Å². The van der Waals surface area contributed by atoms with E-state index in [0.717, 1.165) is 49.0 Å². The van der Waals surface area contributed by atoms with E-state index in [1.54, 1.807) is 18.4 Å². The summed E-state index contributed by atoms with van der Waals surface area (Å²) in [5.41, 5.74) is 1.14. The summed E-state index contributed by atoms with van der Waals surface area (Å²) in [6.45, 7) is 3.27. The van der Waals surface area contributed by atoms with E-state index >= 15 is 0 Å².